The third-order valence-corrected chi connectivity index (χ3v) is 3.00. The van der Waals surface area contributed by atoms with E-state index in [0.717, 1.165) is 11.1 Å². The van der Waals surface area contributed by atoms with Crippen molar-refractivity contribution in [3.8, 4) is 5.75 Å². The molecule has 17 heavy (non-hydrogen) atoms. The Labute approximate surface area is 99.2 Å². The van der Waals surface area contributed by atoms with E-state index in [1.807, 2.05) is 19.9 Å². The fourth-order valence-electron chi connectivity index (χ4n) is 2.08. The lowest BCUT2D eigenvalue weighted by Crippen LogP contribution is -2.46. The van der Waals surface area contributed by atoms with Gasteiger partial charge in [-0.3, -0.25) is 4.79 Å². The number of hydrogen-bond acceptors (Lipinski definition) is 3. The first-order valence-corrected chi connectivity index (χ1v) is 5.40. The molecule has 0 spiro atoms. The van der Waals surface area contributed by atoms with Crippen LogP contribution in [0.3, 0.4) is 0 Å². The van der Waals surface area contributed by atoms with E-state index < -0.39 is 11.6 Å². The van der Waals surface area contributed by atoms with Crippen molar-refractivity contribution in [2.45, 2.75) is 32.8 Å². The second-order valence-electron chi connectivity index (χ2n) is 4.70. The number of carboxylic acid groups (broad SMARTS) is 1. The van der Waals surface area contributed by atoms with Gasteiger partial charge in [-0.1, -0.05) is 6.07 Å². The zero-order valence-corrected chi connectivity index (χ0v) is 10.0. The van der Waals surface area contributed by atoms with Crippen LogP contribution in [-0.2, 0) is 4.79 Å². The molecule has 0 aromatic heterocycles. The van der Waals surface area contributed by atoms with Crippen LogP contribution in [0.25, 0.3) is 0 Å². The highest BCUT2D eigenvalue weighted by molar-refractivity contribution is 6.04. The number of aliphatic carboxylic acids is 1. The van der Waals surface area contributed by atoms with Gasteiger partial charge in [0.05, 0.1) is 12.0 Å². The van der Waals surface area contributed by atoms with E-state index in [1.165, 1.54) is 6.92 Å². The number of rotatable bonds is 1. The van der Waals surface area contributed by atoms with Crippen LogP contribution in [0.1, 0.15) is 34.8 Å². The quantitative estimate of drug-likeness (QED) is 0.808. The van der Waals surface area contributed by atoms with Crippen LogP contribution in [0.15, 0.2) is 12.1 Å². The molecule has 0 amide bonds. The minimum Gasteiger partial charge on any atom is -0.478 e. The third kappa shape index (κ3) is 1.79. The maximum atomic E-state index is 12.0. The molecule has 4 nitrogen and oxygen atoms in total. The van der Waals surface area contributed by atoms with Crippen molar-refractivity contribution < 1.29 is 19.4 Å². The van der Waals surface area contributed by atoms with Gasteiger partial charge in [-0.2, -0.15) is 0 Å². The summed E-state index contributed by atoms with van der Waals surface area (Å²) >= 11 is 0. The van der Waals surface area contributed by atoms with Gasteiger partial charge in [0.2, 0.25) is 5.60 Å². The molecule has 0 saturated carbocycles. The maximum Gasteiger partial charge on any atom is 0.348 e. The Balaban J connectivity index is 2.58. The SMILES string of the molecule is Cc1cc(C)c2c(c1)C(=O)CC(C)(C(=O)O)O2. The molecule has 2 rings (SSSR count). The number of ether oxygens (including phenoxy) is 1. The summed E-state index contributed by atoms with van der Waals surface area (Å²) in [5.74, 6) is -0.892. The van der Waals surface area contributed by atoms with Gasteiger partial charge in [0.15, 0.2) is 5.78 Å². The van der Waals surface area contributed by atoms with Crippen LogP contribution < -0.4 is 4.74 Å². The zero-order valence-electron chi connectivity index (χ0n) is 10.0. The molecule has 1 heterocycles. The van der Waals surface area contributed by atoms with Crippen LogP contribution in [0.5, 0.6) is 5.75 Å². The first-order chi connectivity index (χ1) is 7.83. The molecular weight excluding hydrogens is 220 g/mol. The van der Waals surface area contributed by atoms with E-state index in [0.29, 0.717) is 11.3 Å². The molecule has 1 aliphatic rings. The van der Waals surface area contributed by atoms with Gasteiger partial charge in [0.1, 0.15) is 5.75 Å². The Bertz CT molecular complexity index is 518. The molecule has 0 fully saturated rings. The molecule has 0 radical (unpaired) electrons. The number of carboxylic acids is 1. The third-order valence-electron chi connectivity index (χ3n) is 3.00. The van der Waals surface area contributed by atoms with E-state index in [-0.39, 0.29) is 12.2 Å². The van der Waals surface area contributed by atoms with E-state index in [2.05, 4.69) is 0 Å². The number of aryl methyl sites for hydroxylation is 2. The highest BCUT2D eigenvalue weighted by Crippen LogP contribution is 2.36. The average molecular weight is 234 g/mol. The Hall–Kier alpha value is -1.84. The first-order valence-electron chi connectivity index (χ1n) is 5.40. The summed E-state index contributed by atoms with van der Waals surface area (Å²) in [5.41, 5.74) is 0.795. The summed E-state index contributed by atoms with van der Waals surface area (Å²) in [6.07, 6.45) is -0.127. The fraction of sp³-hybridized carbons (Fsp3) is 0.385. The molecule has 1 unspecified atom stereocenters. The predicted octanol–water partition coefficient (Wildman–Crippen LogP) is 2.11. The summed E-state index contributed by atoms with van der Waals surface area (Å²) in [6, 6.07) is 3.62. The molecule has 0 bridgehead atoms. The fourth-order valence-corrected chi connectivity index (χ4v) is 2.08. The van der Waals surface area contributed by atoms with Crippen molar-refractivity contribution in [1.82, 2.24) is 0 Å². The number of carbonyl (C=O) groups is 2. The molecule has 0 aliphatic carbocycles. The molecule has 1 atom stereocenters. The molecule has 4 heteroatoms. The minimum absolute atomic E-state index is 0.127. The lowest BCUT2D eigenvalue weighted by Gasteiger charge is -2.32. The molecule has 1 aromatic rings. The number of benzene rings is 1. The second kappa shape index (κ2) is 3.58. The summed E-state index contributed by atoms with van der Waals surface area (Å²) in [5, 5.41) is 9.11. The van der Waals surface area contributed by atoms with Gasteiger partial charge in [-0.15, -0.1) is 0 Å². The van der Waals surface area contributed by atoms with Crippen LogP contribution in [0.2, 0.25) is 0 Å². The van der Waals surface area contributed by atoms with Gasteiger partial charge >= 0.3 is 5.97 Å². The Morgan fingerprint density at radius 1 is 1.41 bits per heavy atom. The monoisotopic (exact) mass is 234 g/mol. The topological polar surface area (TPSA) is 63.6 Å². The smallest absolute Gasteiger partial charge is 0.348 e. The lowest BCUT2D eigenvalue weighted by atomic mass is 9.89. The highest BCUT2D eigenvalue weighted by Gasteiger charge is 2.43. The lowest BCUT2D eigenvalue weighted by molar-refractivity contribution is -0.154. The zero-order chi connectivity index (χ0) is 12.8. The summed E-state index contributed by atoms with van der Waals surface area (Å²) < 4.78 is 5.52. The van der Waals surface area contributed by atoms with Gasteiger partial charge in [0, 0.05) is 0 Å². The van der Waals surface area contributed by atoms with E-state index in [9.17, 15) is 9.59 Å². The largest absolute Gasteiger partial charge is 0.478 e. The van der Waals surface area contributed by atoms with E-state index in [1.54, 1.807) is 6.07 Å². The van der Waals surface area contributed by atoms with Crippen molar-refractivity contribution in [1.29, 1.82) is 0 Å². The number of ketones is 1. The maximum absolute atomic E-state index is 12.0. The Morgan fingerprint density at radius 3 is 2.65 bits per heavy atom. The van der Waals surface area contributed by atoms with Gasteiger partial charge in [0.25, 0.3) is 0 Å². The average Bonchev–Trinajstić information content (AvgIpc) is 2.20. The first kappa shape index (κ1) is 11.6. The Morgan fingerprint density at radius 2 is 2.06 bits per heavy atom. The Kier molecular flexibility index (Phi) is 2.45. The number of hydrogen-bond donors (Lipinski definition) is 1. The molecule has 1 aliphatic heterocycles. The molecule has 1 N–H and O–H groups in total. The minimum atomic E-state index is -1.45. The second-order valence-corrected chi connectivity index (χ2v) is 4.70. The van der Waals surface area contributed by atoms with Crippen molar-refractivity contribution in [3.05, 3.63) is 28.8 Å². The molecular formula is C13H14O4. The summed E-state index contributed by atoms with van der Waals surface area (Å²) in [7, 11) is 0. The van der Waals surface area contributed by atoms with Crippen LogP contribution in [0.4, 0.5) is 0 Å². The summed E-state index contributed by atoms with van der Waals surface area (Å²) in [4.78, 5) is 23.1. The number of fused-ring (bicyclic) bond motifs is 1. The van der Waals surface area contributed by atoms with Gasteiger partial charge < -0.3 is 9.84 Å². The van der Waals surface area contributed by atoms with E-state index >= 15 is 0 Å². The van der Waals surface area contributed by atoms with Gasteiger partial charge in [-0.25, -0.2) is 4.79 Å². The highest BCUT2D eigenvalue weighted by atomic mass is 16.5. The van der Waals surface area contributed by atoms with Crippen molar-refractivity contribution in [3.63, 3.8) is 0 Å². The van der Waals surface area contributed by atoms with Crippen molar-refractivity contribution in [2.24, 2.45) is 0 Å². The van der Waals surface area contributed by atoms with Crippen molar-refractivity contribution in [2.75, 3.05) is 0 Å². The van der Waals surface area contributed by atoms with Crippen molar-refractivity contribution >= 4 is 11.8 Å². The normalized spacial score (nSPS) is 22.9. The van der Waals surface area contributed by atoms with Crippen LogP contribution >= 0.6 is 0 Å². The van der Waals surface area contributed by atoms with Gasteiger partial charge in [-0.05, 0) is 38.0 Å². The standard InChI is InChI=1S/C13H14O4/c1-7-4-8(2)11-9(5-7)10(14)6-13(3,17-11)12(15)16/h4-5H,6H2,1-3H3,(H,15,16). The van der Waals surface area contributed by atoms with Crippen LogP contribution in [0, 0.1) is 13.8 Å². The van der Waals surface area contributed by atoms with E-state index in [4.69, 9.17) is 9.84 Å². The molecule has 0 saturated heterocycles. The molecule has 1 aromatic carbocycles. The molecule has 90 valence electrons. The number of carbonyl (C=O) groups excluding carboxylic acids is 1. The summed E-state index contributed by atoms with van der Waals surface area (Å²) in [6.45, 7) is 5.13. The predicted molar refractivity (Wildman–Crippen MR) is 61.5 cm³/mol. The number of Topliss-reactive ketones (excluding diaryl/α,β-unsaturated/α-hetero) is 1. The van der Waals surface area contributed by atoms with Crippen LogP contribution in [-0.4, -0.2) is 22.5 Å².